The maximum absolute atomic E-state index is 12.5. The molecule has 2 heterocycles. The summed E-state index contributed by atoms with van der Waals surface area (Å²) in [5.74, 6) is 1.18. The Morgan fingerprint density at radius 2 is 1.89 bits per heavy atom. The van der Waals surface area contributed by atoms with Crippen LogP contribution in [0, 0.1) is 0 Å². The van der Waals surface area contributed by atoms with Crippen LogP contribution in [0.2, 0.25) is 0 Å². The molecule has 0 unspecified atom stereocenters. The Bertz CT molecular complexity index is 1000. The summed E-state index contributed by atoms with van der Waals surface area (Å²) in [6.45, 7) is 3.16. The number of fused-ring (bicyclic) bond motifs is 1. The van der Waals surface area contributed by atoms with Gasteiger partial charge in [0.2, 0.25) is 5.91 Å². The van der Waals surface area contributed by atoms with Crippen LogP contribution in [-0.2, 0) is 17.6 Å². The highest BCUT2D eigenvalue weighted by Gasteiger charge is 2.17. The Labute approximate surface area is 175 Å². The number of ether oxygens (including phenoxy) is 2. The van der Waals surface area contributed by atoms with Crippen molar-refractivity contribution >= 4 is 38.9 Å². The van der Waals surface area contributed by atoms with Crippen LogP contribution in [-0.4, -0.2) is 24.1 Å². The number of rotatable bonds is 5. The van der Waals surface area contributed by atoms with E-state index in [1.807, 2.05) is 11.4 Å². The maximum atomic E-state index is 12.5. The van der Waals surface area contributed by atoms with Crippen molar-refractivity contribution in [3.8, 4) is 22.1 Å². The SMILES string of the molecule is CCc1ccc(-c2nc(CC(=O)Nc3cc4c(cc3Br)OCCO4)cs2)cc1. The molecule has 3 aromatic rings. The van der Waals surface area contributed by atoms with Crippen LogP contribution in [0.3, 0.4) is 0 Å². The van der Waals surface area contributed by atoms with Gasteiger partial charge in [-0.25, -0.2) is 4.98 Å². The van der Waals surface area contributed by atoms with E-state index < -0.39 is 0 Å². The van der Waals surface area contributed by atoms with E-state index in [1.54, 1.807) is 17.4 Å². The topological polar surface area (TPSA) is 60.5 Å². The number of anilines is 1. The fourth-order valence-electron chi connectivity index (χ4n) is 2.92. The summed E-state index contributed by atoms with van der Waals surface area (Å²) in [7, 11) is 0. The Hall–Kier alpha value is -2.38. The molecule has 5 nitrogen and oxygen atoms in total. The smallest absolute Gasteiger partial charge is 0.230 e. The van der Waals surface area contributed by atoms with Gasteiger partial charge in [-0.05, 0) is 27.9 Å². The van der Waals surface area contributed by atoms with Crippen molar-refractivity contribution in [1.82, 2.24) is 4.98 Å². The molecule has 2 aromatic carbocycles. The van der Waals surface area contributed by atoms with Gasteiger partial charge in [-0.2, -0.15) is 0 Å². The van der Waals surface area contributed by atoms with E-state index in [4.69, 9.17) is 9.47 Å². The Kier molecular flexibility index (Phi) is 5.64. The summed E-state index contributed by atoms with van der Waals surface area (Å²) in [5.41, 5.74) is 3.78. The average molecular weight is 459 g/mol. The van der Waals surface area contributed by atoms with Gasteiger partial charge >= 0.3 is 0 Å². The van der Waals surface area contributed by atoms with Crippen LogP contribution in [0.4, 0.5) is 5.69 Å². The van der Waals surface area contributed by atoms with Crippen molar-refractivity contribution in [1.29, 1.82) is 0 Å². The fraction of sp³-hybridized carbons (Fsp3) is 0.238. The van der Waals surface area contributed by atoms with Crippen LogP contribution in [0.1, 0.15) is 18.2 Å². The molecule has 0 saturated carbocycles. The lowest BCUT2D eigenvalue weighted by Gasteiger charge is -2.20. The molecule has 0 fully saturated rings. The summed E-state index contributed by atoms with van der Waals surface area (Å²) < 4.78 is 11.9. The van der Waals surface area contributed by atoms with E-state index in [0.29, 0.717) is 30.4 Å². The number of hydrogen-bond donors (Lipinski definition) is 1. The highest BCUT2D eigenvalue weighted by molar-refractivity contribution is 9.10. The first-order valence-electron chi connectivity index (χ1n) is 9.05. The number of halogens is 1. The first-order chi connectivity index (χ1) is 13.6. The normalized spacial score (nSPS) is 12.6. The van der Waals surface area contributed by atoms with Crippen molar-refractivity contribution < 1.29 is 14.3 Å². The van der Waals surface area contributed by atoms with Gasteiger partial charge in [0, 0.05) is 27.5 Å². The van der Waals surface area contributed by atoms with Crippen LogP contribution in [0.5, 0.6) is 11.5 Å². The Balaban J connectivity index is 1.43. The number of nitrogens with zero attached hydrogens (tertiary/aromatic N) is 1. The van der Waals surface area contributed by atoms with Gasteiger partial charge in [0.05, 0.1) is 17.8 Å². The van der Waals surface area contributed by atoms with Gasteiger partial charge in [0.15, 0.2) is 11.5 Å². The molecule has 1 N–H and O–H groups in total. The van der Waals surface area contributed by atoms with Crippen molar-refractivity contribution in [2.45, 2.75) is 19.8 Å². The number of thiazole rings is 1. The molecule has 0 spiro atoms. The lowest BCUT2D eigenvalue weighted by Crippen LogP contribution is -2.17. The zero-order valence-electron chi connectivity index (χ0n) is 15.3. The Morgan fingerprint density at radius 3 is 2.61 bits per heavy atom. The van der Waals surface area contributed by atoms with E-state index >= 15 is 0 Å². The molecule has 0 saturated heterocycles. The average Bonchev–Trinajstić information content (AvgIpc) is 3.17. The highest BCUT2D eigenvalue weighted by Crippen LogP contribution is 2.38. The largest absolute Gasteiger partial charge is 0.486 e. The third-order valence-corrected chi connectivity index (χ3v) is 6.00. The number of aromatic nitrogens is 1. The van der Waals surface area contributed by atoms with Crippen molar-refractivity contribution in [3.05, 3.63) is 57.5 Å². The summed E-state index contributed by atoms with van der Waals surface area (Å²) in [5, 5.41) is 5.77. The molecule has 28 heavy (non-hydrogen) atoms. The van der Waals surface area contributed by atoms with E-state index in [1.165, 1.54) is 5.56 Å². The molecule has 7 heteroatoms. The predicted molar refractivity (Wildman–Crippen MR) is 114 cm³/mol. The van der Waals surface area contributed by atoms with Crippen LogP contribution in [0.25, 0.3) is 10.6 Å². The van der Waals surface area contributed by atoms with E-state index in [-0.39, 0.29) is 12.3 Å². The molecular formula is C21H19BrN2O3S. The van der Waals surface area contributed by atoms with Crippen LogP contribution < -0.4 is 14.8 Å². The second-order valence-corrected chi connectivity index (χ2v) is 8.11. The number of benzene rings is 2. The number of hydrogen-bond acceptors (Lipinski definition) is 5. The molecular weight excluding hydrogens is 440 g/mol. The second-order valence-electron chi connectivity index (χ2n) is 6.40. The van der Waals surface area contributed by atoms with Crippen molar-refractivity contribution in [2.24, 2.45) is 0 Å². The molecule has 0 aliphatic carbocycles. The molecule has 1 aliphatic rings. The lowest BCUT2D eigenvalue weighted by molar-refractivity contribution is -0.115. The zero-order chi connectivity index (χ0) is 19.5. The molecule has 0 bridgehead atoms. The fourth-order valence-corrected chi connectivity index (χ4v) is 4.17. The predicted octanol–water partition coefficient (Wildman–Crippen LogP) is 5.09. The molecule has 1 aromatic heterocycles. The quantitative estimate of drug-likeness (QED) is 0.578. The lowest BCUT2D eigenvalue weighted by atomic mass is 10.1. The number of aryl methyl sites for hydroxylation is 1. The summed E-state index contributed by atoms with van der Waals surface area (Å²) in [6.07, 6.45) is 1.23. The monoisotopic (exact) mass is 458 g/mol. The third-order valence-electron chi connectivity index (χ3n) is 4.41. The third kappa shape index (κ3) is 4.20. The van der Waals surface area contributed by atoms with Crippen LogP contribution in [0.15, 0.2) is 46.3 Å². The van der Waals surface area contributed by atoms with Gasteiger partial charge in [-0.3, -0.25) is 4.79 Å². The summed E-state index contributed by atoms with van der Waals surface area (Å²) in [4.78, 5) is 17.1. The van der Waals surface area contributed by atoms with Gasteiger partial charge in [-0.1, -0.05) is 31.2 Å². The first kappa shape index (κ1) is 19.0. The number of nitrogens with one attached hydrogen (secondary N) is 1. The molecule has 4 rings (SSSR count). The van der Waals surface area contributed by atoms with E-state index in [2.05, 4.69) is 57.4 Å². The van der Waals surface area contributed by atoms with Crippen molar-refractivity contribution in [2.75, 3.05) is 18.5 Å². The highest BCUT2D eigenvalue weighted by atomic mass is 79.9. The van der Waals surface area contributed by atoms with Gasteiger partial charge in [0.25, 0.3) is 0 Å². The number of carbonyl (C=O) groups is 1. The minimum absolute atomic E-state index is 0.129. The number of amides is 1. The minimum atomic E-state index is -0.129. The molecule has 0 atom stereocenters. The molecule has 1 amide bonds. The van der Waals surface area contributed by atoms with Gasteiger partial charge < -0.3 is 14.8 Å². The standard InChI is InChI=1S/C21H19BrN2O3S/c1-2-13-3-5-14(6-4-13)21-23-15(12-28-21)9-20(25)24-17-11-19-18(10-16(17)22)26-7-8-27-19/h3-6,10-12H,2,7-9H2,1H3,(H,24,25). The van der Waals surface area contributed by atoms with Crippen LogP contribution >= 0.6 is 27.3 Å². The van der Waals surface area contributed by atoms with E-state index in [9.17, 15) is 4.79 Å². The second kappa shape index (κ2) is 8.32. The minimum Gasteiger partial charge on any atom is -0.486 e. The van der Waals surface area contributed by atoms with E-state index in [0.717, 1.165) is 27.2 Å². The number of carbonyl (C=O) groups excluding carboxylic acids is 1. The molecule has 0 radical (unpaired) electrons. The maximum Gasteiger partial charge on any atom is 0.230 e. The van der Waals surface area contributed by atoms with Gasteiger partial charge in [0.1, 0.15) is 18.2 Å². The Morgan fingerprint density at radius 1 is 1.18 bits per heavy atom. The summed E-state index contributed by atoms with van der Waals surface area (Å²) in [6, 6.07) is 12.0. The van der Waals surface area contributed by atoms with Gasteiger partial charge in [-0.15, -0.1) is 11.3 Å². The molecule has 1 aliphatic heterocycles. The first-order valence-corrected chi connectivity index (χ1v) is 10.7. The molecule has 144 valence electrons. The summed E-state index contributed by atoms with van der Waals surface area (Å²) >= 11 is 5.02. The van der Waals surface area contributed by atoms with Crippen molar-refractivity contribution in [3.63, 3.8) is 0 Å². The zero-order valence-corrected chi connectivity index (χ0v) is 17.7.